The number of thiophene rings is 1. The van der Waals surface area contributed by atoms with Crippen LogP contribution >= 0.6 is 11.3 Å². The maximum atomic E-state index is 15.8. The highest BCUT2D eigenvalue weighted by Gasteiger charge is 2.40. The van der Waals surface area contributed by atoms with Crippen molar-refractivity contribution in [1.29, 1.82) is 0 Å². The number of ether oxygens (including phenoxy) is 2. The fourth-order valence-corrected chi connectivity index (χ4v) is 5.50. The Bertz CT molecular complexity index is 1400. The second-order valence-electron chi connectivity index (χ2n) is 10.0. The first-order valence-corrected chi connectivity index (χ1v) is 12.8. The molecule has 200 valence electrons. The summed E-state index contributed by atoms with van der Waals surface area (Å²) in [4.78, 5) is 46.9. The van der Waals surface area contributed by atoms with Gasteiger partial charge in [0.05, 0.1) is 46.1 Å². The smallest absolute Gasteiger partial charge is 0.414 e. The largest absolute Gasteiger partial charge is 0.465 e. The van der Waals surface area contributed by atoms with E-state index in [4.69, 9.17) is 9.47 Å². The maximum absolute atomic E-state index is 15.8. The van der Waals surface area contributed by atoms with Crippen LogP contribution in [-0.2, 0) is 16.0 Å². The lowest BCUT2D eigenvalue weighted by Gasteiger charge is -2.33. The maximum Gasteiger partial charge on any atom is 0.414 e. The van der Waals surface area contributed by atoms with Crippen molar-refractivity contribution in [2.24, 2.45) is 0 Å². The number of anilines is 1. The van der Waals surface area contributed by atoms with Crippen LogP contribution in [0, 0.1) is 5.82 Å². The van der Waals surface area contributed by atoms with Gasteiger partial charge in [-0.05, 0) is 44.7 Å². The van der Waals surface area contributed by atoms with E-state index in [0.29, 0.717) is 22.8 Å². The van der Waals surface area contributed by atoms with Gasteiger partial charge in [-0.25, -0.2) is 23.9 Å². The van der Waals surface area contributed by atoms with Gasteiger partial charge in [0.15, 0.2) is 11.6 Å². The third-order valence-corrected chi connectivity index (χ3v) is 7.27. The second kappa shape index (κ2) is 9.80. The Hall–Kier alpha value is -3.84. The van der Waals surface area contributed by atoms with E-state index in [-0.39, 0.29) is 29.2 Å². The Labute approximate surface area is 221 Å². The van der Waals surface area contributed by atoms with Crippen LogP contribution in [0.1, 0.15) is 43.1 Å². The lowest BCUT2D eigenvalue weighted by Crippen LogP contribution is -2.53. The van der Waals surface area contributed by atoms with Gasteiger partial charge < -0.3 is 25.2 Å². The van der Waals surface area contributed by atoms with Crippen LogP contribution in [0.25, 0.3) is 20.7 Å². The van der Waals surface area contributed by atoms with Gasteiger partial charge in [0.2, 0.25) is 0 Å². The highest BCUT2D eigenvalue weighted by Crippen LogP contribution is 2.40. The number of aromatic nitrogens is 2. The number of nitrogens with zero attached hydrogens (tertiary/aromatic N) is 3. The highest BCUT2D eigenvalue weighted by atomic mass is 32.1. The molecular weight excluding hydrogens is 517 g/mol. The van der Waals surface area contributed by atoms with E-state index in [1.807, 2.05) is 6.07 Å². The molecule has 2 atom stereocenters. The van der Waals surface area contributed by atoms with Crippen molar-refractivity contribution in [3.8, 4) is 10.6 Å². The fourth-order valence-electron chi connectivity index (χ4n) is 4.47. The predicted molar refractivity (Wildman–Crippen MR) is 137 cm³/mol. The molecule has 5 heterocycles. The molecule has 3 aromatic rings. The van der Waals surface area contributed by atoms with E-state index < -0.39 is 48.1 Å². The molecule has 13 heteroatoms. The van der Waals surface area contributed by atoms with E-state index in [9.17, 15) is 19.5 Å². The lowest BCUT2D eigenvalue weighted by atomic mass is 10.0. The molecule has 0 aliphatic carbocycles. The number of hydrogen-bond acceptors (Lipinski definition) is 9. The zero-order valence-electron chi connectivity index (χ0n) is 20.9. The van der Waals surface area contributed by atoms with E-state index in [1.54, 1.807) is 39.2 Å². The molecule has 11 nitrogen and oxygen atoms in total. The number of carbonyl (C=O) groups is 3. The van der Waals surface area contributed by atoms with Crippen molar-refractivity contribution in [3.63, 3.8) is 0 Å². The minimum atomic E-state index is -1.47. The van der Waals surface area contributed by atoms with Crippen LogP contribution < -0.4 is 10.6 Å². The summed E-state index contributed by atoms with van der Waals surface area (Å²) < 4.78 is 27.5. The minimum absolute atomic E-state index is 0.0517. The van der Waals surface area contributed by atoms with Crippen molar-refractivity contribution < 1.29 is 33.4 Å². The number of pyridine rings is 2. The Morgan fingerprint density at radius 1 is 1.32 bits per heavy atom. The molecule has 3 aromatic heterocycles. The molecular formula is C25H26FN5O6S. The summed E-state index contributed by atoms with van der Waals surface area (Å²) in [6.45, 7) is 5.35. The van der Waals surface area contributed by atoms with Crippen molar-refractivity contribution in [3.05, 3.63) is 41.5 Å². The monoisotopic (exact) mass is 543 g/mol. The summed E-state index contributed by atoms with van der Waals surface area (Å²) in [5, 5.41) is 16.2. The van der Waals surface area contributed by atoms with E-state index in [2.05, 4.69) is 20.6 Å². The first-order chi connectivity index (χ1) is 18.0. The molecule has 2 aliphatic rings. The first-order valence-electron chi connectivity index (χ1n) is 12.0. The quantitative estimate of drug-likeness (QED) is 0.441. The molecule has 0 unspecified atom stereocenters. The van der Waals surface area contributed by atoms with Crippen LogP contribution in [0.15, 0.2) is 24.5 Å². The zero-order valence-corrected chi connectivity index (χ0v) is 21.7. The summed E-state index contributed by atoms with van der Waals surface area (Å²) >= 11 is 1.32. The predicted octanol–water partition coefficient (Wildman–Crippen LogP) is 4.23. The van der Waals surface area contributed by atoms with E-state index >= 15 is 4.39 Å². The minimum Gasteiger partial charge on any atom is -0.465 e. The number of amides is 3. The van der Waals surface area contributed by atoms with Gasteiger partial charge in [0.25, 0.3) is 5.91 Å². The standard InChI is InChI=1S/C25H26FN5O6S/c1-25(2,3)37-23(33)29-15-11-36-7-5-14(15)28-21-19(26)13-10-31(24(34)35)22(32)18(13)20(30-21)16-8-12-4-6-27-9-17(12)38-16/h4,6,8-9,14-15H,5,7,10-11H2,1-3H3,(H,28,30)(H,29,33)(H,34,35)/t14-,15+/m1/s1. The number of carboxylic acid groups (broad SMARTS) is 1. The lowest BCUT2D eigenvalue weighted by molar-refractivity contribution is 0.0317. The van der Waals surface area contributed by atoms with Crippen molar-refractivity contribution in [1.82, 2.24) is 20.2 Å². The molecule has 38 heavy (non-hydrogen) atoms. The number of carbonyl (C=O) groups excluding carboxylic acids is 2. The van der Waals surface area contributed by atoms with Gasteiger partial charge in [0.1, 0.15) is 5.60 Å². The highest BCUT2D eigenvalue weighted by molar-refractivity contribution is 7.22. The number of fused-ring (bicyclic) bond motifs is 2. The van der Waals surface area contributed by atoms with Gasteiger partial charge in [-0.1, -0.05) is 0 Å². The summed E-state index contributed by atoms with van der Waals surface area (Å²) in [6.07, 6.45) is 1.63. The van der Waals surface area contributed by atoms with Crippen LogP contribution in [0.4, 0.5) is 19.8 Å². The Morgan fingerprint density at radius 2 is 2.11 bits per heavy atom. The normalized spacial score (nSPS) is 19.4. The van der Waals surface area contributed by atoms with E-state index in [1.165, 1.54) is 11.3 Å². The number of rotatable bonds is 4. The Morgan fingerprint density at radius 3 is 2.82 bits per heavy atom. The molecule has 2 aliphatic heterocycles. The van der Waals surface area contributed by atoms with Gasteiger partial charge in [-0.2, -0.15) is 0 Å². The number of imide groups is 1. The average molecular weight is 544 g/mol. The Balaban J connectivity index is 1.53. The van der Waals surface area contributed by atoms with Gasteiger partial charge in [0, 0.05) is 24.6 Å². The van der Waals surface area contributed by atoms with Gasteiger partial charge >= 0.3 is 12.2 Å². The number of alkyl carbamates (subject to hydrolysis) is 1. The SMILES string of the molecule is CC(C)(C)OC(=O)N[C@H]1COCC[C@H]1Nc1nc(-c2cc3ccncc3s2)c2c(c1F)CN(C(=O)O)C2=O. The number of nitrogens with one attached hydrogen (secondary N) is 2. The van der Waals surface area contributed by atoms with Crippen molar-refractivity contribution >= 4 is 45.3 Å². The first kappa shape index (κ1) is 25.8. The van der Waals surface area contributed by atoms with E-state index in [0.717, 1.165) is 10.1 Å². The number of hydrogen-bond donors (Lipinski definition) is 3. The average Bonchev–Trinajstić information content (AvgIpc) is 3.43. The number of halogens is 1. The molecule has 0 aromatic carbocycles. The fraction of sp³-hybridized carbons (Fsp3) is 0.400. The molecule has 1 saturated heterocycles. The van der Waals surface area contributed by atoms with Crippen LogP contribution in [-0.4, -0.2) is 69.0 Å². The van der Waals surface area contributed by atoms with Gasteiger partial charge in [-0.15, -0.1) is 11.3 Å². The van der Waals surface area contributed by atoms with Crippen LogP contribution in [0.2, 0.25) is 0 Å². The molecule has 0 radical (unpaired) electrons. The molecule has 0 bridgehead atoms. The van der Waals surface area contributed by atoms with Crippen molar-refractivity contribution in [2.75, 3.05) is 18.5 Å². The van der Waals surface area contributed by atoms with Crippen LogP contribution in [0.3, 0.4) is 0 Å². The third-order valence-electron chi connectivity index (χ3n) is 6.18. The molecule has 1 fully saturated rings. The second-order valence-corrected chi connectivity index (χ2v) is 11.1. The third kappa shape index (κ3) is 4.98. The molecule has 0 spiro atoms. The molecule has 3 N–H and O–H groups in total. The topological polar surface area (TPSA) is 143 Å². The summed E-state index contributed by atoms with van der Waals surface area (Å²) in [5.41, 5.74) is -0.648. The summed E-state index contributed by atoms with van der Waals surface area (Å²) in [5.74, 6) is -1.78. The molecule has 0 saturated carbocycles. The summed E-state index contributed by atoms with van der Waals surface area (Å²) in [6, 6.07) is 2.59. The summed E-state index contributed by atoms with van der Waals surface area (Å²) in [7, 11) is 0. The Kier molecular flexibility index (Phi) is 6.65. The zero-order chi connectivity index (χ0) is 27.2. The van der Waals surface area contributed by atoms with Crippen molar-refractivity contribution in [2.45, 2.75) is 51.4 Å². The van der Waals surface area contributed by atoms with Gasteiger partial charge in [-0.3, -0.25) is 9.78 Å². The molecule has 3 amide bonds. The van der Waals surface area contributed by atoms with Crippen LogP contribution in [0.5, 0.6) is 0 Å². The molecule has 5 rings (SSSR count).